The Bertz CT molecular complexity index is 5000. The summed E-state index contributed by atoms with van der Waals surface area (Å²) in [6.07, 6.45) is 0. The lowest BCUT2D eigenvalue weighted by Gasteiger charge is -2.09. The minimum Gasteiger partial charge on any atom is -0.426 e. The molecule has 139 heavy (non-hydrogen) atoms. The number of benzene rings is 12. The molecule has 5 N–H and O–H groups in total. The highest BCUT2D eigenvalue weighted by molar-refractivity contribution is 9.09. The topological polar surface area (TPSA) is 446 Å². The number of nitrogens with zero attached hydrogens (tertiary/aromatic N) is 1. The average Bonchev–Trinajstić information content (AvgIpc) is 0.874. The second-order valence-corrected chi connectivity index (χ2v) is 30.3. The Morgan fingerprint density at radius 2 is 0.460 bits per heavy atom. The van der Waals surface area contributed by atoms with Crippen LogP contribution in [0, 0.1) is 10.1 Å². The van der Waals surface area contributed by atoms with Crippen LogP contribution < -0.4 is 63.7 Å². The minimum atomic E-state index is -3.67. The first kappa shape index (κ1) is 122. The third kappa shape index (κ3) is 56.8. The zero-order chi connectivity index (χ0) is 104. The van der Waals surface area contributed by atoms with Crippen molar-refractivity contribution in [1.82, 2.24) is 0 Å². The van der Waals surface area contributed by atoms with Crippen LogP contribution in [-0.2, 0) is 48.1 Å². The monoisotopic (exact) mass is 2090 g/mol. The maximum Gasteiger partial charge on any atom is 0.347 e. The Hall–Kier alpha value is -15.1. The van der Waals surface area contributed by atoms with Crippen LogP contribution in [0.1, 0.15) is 145 Å². The molecule has 0 spiro atoms. The lowest BCUT2D eigenvalue weighted by molar-refractivity contribution is -0.756. The minimum absolute atomic E-state index is 0.0961. The molecular formula is C102H107Br2Cl2N5O27S. The van der Waals surface area contributed by atoms with E-state index in [9.17, 15) is 76.1 Å². The third-order valence-electron chi connectivity index (χ3n) is 14.7. The number of carbonyl (C=O) groups excluding carboxylic acids is 12. The number of nitrogens with two attached hydrogens (primary N) is 1. The van der Waals surface area contributed by atoms with Gasteiger partial charge in [0.15, 0.2) is 0 Å². The van der Waals surface area contributed by atoms with Crippen LogP contribution in [-0.4, -0.2) is 121 Å². The Morgan fingerprint density at radius 1 is 0.295 bits per heavy atom. The van der Waals surface area contributed by atoms with Crippen LogP contribution in [0.3, 0.4) is 0 Å². The lowest BCUT2D eigenvalue weighted by atomic mass is 10.2. The van der Waals surface area contributed by atoms with E-state index in [0.29, 0.717) is 51.0 Å². The number of halogens is 4. The van der Waals surface area contributed by atoms with Crippen LogP contribution in [0.5, 0.6) is 51.7 Å². The molecule has 0 radical (unpaired) electrons. The van der Waals surface area contributed by atoms with Crippen molar-refractivity contribution in [2.45, 2.75) is 83.1 Å². The molecule has 0 fully saturated rings. The normalized spacial score (nSPS) is 9.42. The molecule has 3 amide bonds. The quantitative estimate of drug-likeness (QED) is 0.0161. The Balaban J connectivity index is 0.000000794. The molecule has 0 unspecified atom stereocenters. The van der Waals surface area contributed by atoms with E-state index in [-0.39, 0.29) is 82.1 Å². The summed E-state index contributed by atoms with van der Waals surface area (Å²) in [5.41, 5.74) is 3.65. The van der Waals surface area contributed by atoms with Gasteiger partial charge in [-0.25, -0.2) is 19.5 Å². The van der Waals surface area contributed by atoms with E-state index in [1.54, 1.807) is 269 Å². The van der Waals surface area contributed by atoms with Crippen LogP contribution >= 0.6 is 55.1 Å². The van der Waals surface area contributed by atoms with E-state index in [2.05, 4.69) is 62.0 Å². The van der Waals surface area contributed by atoms with Crippen molar-refractivity contribution < 1.29 is 123 Å². The van der Waals surface area contributed by atoms with Gasteiger partial charge in [-0.1, -0.05) is 242 Å². The molecule has 12 aromatic carbocycles. The standard InChI is InChI=1S/3C15H13NO3.3C15H12O4.2C2H5Br.2C2H5Cl.C2H7NO3S.C2H5NO3/c3*1-11(17)19-14-10-6-5-9-13(14)15(18)16-12-7-3-2-4-8-12;3*1-11(16)18-14-10-6-5-9-13(14)15(17)19-12-7-3-2-4-8-12;4*1-2-3;1-2-6-7(3,4)5;1-2-6-3(4)5/h3*2-10H,1H3,(H,16,18);3*2-10H,1H3;4*2H2,1H3;2H2,1H3,(H2,3,4,5);2H2,1H3. The highest BCUT2D eigenvalue weighted by Crippen LogP contribution is 2.27. The number of nitrogens with one attached hydrogen (secondary N) is 3. The van der Waals surface area contributed by atoms with Crippen molar-refractivity contribution in [3.63, 3.8) is 0 Å². The van der Waals surface area contributed by atoms with Crippen molar-refractivity contribution in [3.8, 4) is 51.7 Å². The Labute approximate surface area is 833 Å². The van der Waals surface area contributed by atoms with Crippen molar-refractivity contribution in [1.29, 1.82) is 0 Å². The van der Waals surface area contributed by atoms with Gasteiger partial charge in [0, 0.05) is 81.0 Å². The summed E-state index contributed by atoms with van der Waals surface area (Å²) < 4.78 is 69.0. The fraction of sp³-hybridized carbons (Fsp3) is 0.176. The Morgan fingerprint density at radius 3 is 0.612 bits per heavy atom. The first-order valence-corrected chi connectivity index (χ1v) is 46.5. The van der Waals surface area contributed by atoms with Crippen molar-refractivity contribution in [3.05, 3.63) is 371 Å². The number of carbonyl (C=O) groups is 12. The number of hydrogen-bond acceptors (Lipinski definition) is 27. The zero-order valence-electron chi connectivity index (χ0n) is 77.9. The number of alkyl halides is 4. The molecule has 0 saturated carbocycles. The number of hydrogen-bond donors (Lipinski definition) is 4. The van der Waals surface area contributed by atoms with E-state index in [1.165, 1.54) is 41.5 Å². The van der Waals surface area contributed by atoms with Gasteiger partial charge in [-0.05, 0) is 159 Å². The smallest absolute Gasteiger partial charge is 0.347 e. The number of anilines is 3. The van der Waals surface area contributed by atoms with E-state index in [4.69, 9.17) is 65.8 Å². The maximum atomic E-state index is 12.1. The van der Waals surface area contributed by atoms with Crippen LogP contribution in [0.15, 0.2) is 328 Å². The summed E-state index contributed by atoms with van der Waals surface area (Å²) in [4.78, 5) is 151. The van der Waals surface area contributed by atoms with Gasteiger partial charge in [0.1, 0.15) is 68.4 Å². The summed E-state index contributed by atoms with van der Waals surface area (Å²) in [6.45, 7) is 18.9. The molecule has 12 aromatic rings. The Kier molecular flexibility index (Phi) is 64.2. The second kappa shape index (κ2) is 73.2. The molecule has 0 saturated heterocycles. The number of esters is 9. The highest BCUT2D eigenvalue weighted by atomic mass is 79.9. The third-order valence-corrected chi connectivity index (χ3v) is 15.3. The summed E-state index contributed by atoms with van der Waals surface area (Å²) >= 11 is 16.3. The van der Waals surface area contributed by atoms with E-state index in [0.717, 1.165) is 22.4 Å². The summed E-state index contributed by atoms with van der Waals surface area (Å²) in [7, 11) is -3.67. The number of amides is 3. The summed E-state index contributed by atoms with van der Waals surface area (Å²) in [5.74, 6) is -1.40. The molecule has 736 valence electrons. The fourth-order valence-electron chi connectivity index (χ4n) is 9.71. The highest BCUT2D eigenvalue weighted by Gasteiger charge is 2.21. The number of para-hydroxylation sites is 12. The van der Waals surface area contributed by atoms with Crippen molar-refractivity contribution in [2.24, 2.45) is 5.14 Å². The molecule has 0 aliphatic rings. The lowest BCUT2D eigenvalue weighted by Crippen LogP contribution is -2.15. The first-order valence-electron chi connectivity index (χ1n) is 41.7. The average molecular weight is 2100 g/mol. The van der Waals surface area contributed by atoms with Gasteiger partial charge in [0.05, 0.1) is 29.9 Å². The molecular weight excluding hydrogens is 1990 g/mol. The van der Waals surface area contributed by atoms with Gasteiger partial charge in [0.25, 0.3) is 22.8 Å². The summed E-state index contributed by atoms with van der Waals surface area (Å²) in [5, 5.41) is 23.1. The molecule has 0 aromatic heterocycles. The largest absolute Gasteiger partial charge is 0.426 e. The first-order chi connectivity index (χ1) is 66.5. The van der Waals surface area contributed by atoms with Gasteiger partial charge in [-0.2, -0.15) is 8.42 Å². The van der Waals surface area contributed by atoms with Gasteiger partial charge < -0.3 is 63.4 Å². The molecule has 0 atom stereocenters. The number of ether oxygens (including phenoxy) is 9. The summed E-state index contributed by atoms with van der Waals surface area (Å²) in [6, 6.07) is 92.5. The van der Waals surface area contributed by atoms with Gasteiger partial charge in [-0.15, -0.1) is 33.3 Å². The molecule has 0 bridgehead atoms. The van der Waals surface area contributed by atoms with Crippen LogP contribution in [0.25, 0.3) is 0 Å². The zero-order valence-corrected chi connectivity index (χ0v) is 83.4. The van der Waals surface area contributed by atoms with Gasteiger partial charge in [0.2, 0.25) is 0 Å². The van der Waals surface area contributed by atoms with E-state index < -0.39 is 69.1 Å². The van der Waals surface area contributed by atoms with Gasteiger partial charge >= 0.3 is 64.0 Å². The van der Waals surface area contributed by atoms with Crippen LogP contribution in [0.2, 0.25) is 0 Å². The maximum absolute atomic E-state index is 12.1. The molecule has 0 aliphatic carbocycles. The fourth-order valence-corrected chi connectivity index (χ4v) is 10.0. The molecule has 0 aliphatic heterocycles. The van der Waals surface area contributed by atoms with Crippen molar-refractivity contribution in [2.75, 3.05) is 51.6 Å². The second-order valence-electron chi connectivity index (χ2n) is 25.7. The predicted octanol–water partition coefficient (Wildman–Crippen LogP) is 21.8. The molecule has 37 heteroatoms. The van der Waals surface area contributed by atoms with E-state index in [1.807, 2.05) is 100 Å². The van der Waals surface area contributed by atoms with Crippen molar-refractivity contribution >= 4 is 154 Å². The SMILES string of the molecule is CC(=O)Oc1ccccc1C(=O)Nc1ccccc1.CC(=O)Oc1ccccc1C(=O)Nc1ccccc1.CC(=O)Oc1ccccc1C(=O)Nc1ccccc1.CC(=O)Oc1ccccc1C(=O)Oc1ccccc1.CC(=O)Oc1ccccc1C(=O)Oc1ccccc1.CC(=O)Oc1ccccc1C(=O)Oc1ccccc1.CCBr.CCBr.CCCl.CCCl.CCOS(N)(=O)=O.CCO[N+](=O)[O-]. The molecule has 32 nitrogen and oxygen atoms in total. The predicted molar refractivity (Wildman–Crippen MR) is 539 cm³/mol. The molecule has 0 heterocycles. The molecule has 12 rings (SSSR count). The number of rotatable bonds is 22. The van der Waals surface area contributed by atoms with Crippen LogP contribution in [0.4, 0.5) is 17.1 Å². The van der Waals surface area contributed by atoms with E-state index >= 15 is 0 Å². The van der Waals surface area contributed by atoms with Gasteiger partial charge in [-0.3, -0.25) is 47.3 Å².